The van der Waals surface area contributed by atoms with Crippen molar-refractivity contribution in [2.24, 2.45) is 0 Å². The molecule has 2 aliphatic rings. The highest BCUT2D eigenvalue weighted by Gasteiger charge is 2.18. The highest BCUT2D eigenvalue weighted by molar-refractivity contribution is 7.15. The third-order valence-electron chi connectivity index (χ3n) is 4.66. The molecule has 0 radical (unpaired) electrons. The number of thiazole rings is 1. The lowest BCUT2D eigenvalue weighted by molar-refractivity contribution is -0.117. The number of fused-ring (bicyclic) bond motifs is 2. The van der Waals surface area contributed by atoms with E-state index < -0.39 is 0 Å². The van der Waals surface area contributed by atoms with Crippen molar-refractivity contribution in [1.82, 2.24) is 14.8 Å². The largest absolute Gasteiger partial charge is 0.300 e. The van der Waals surface area contributed by atoms with Crippen LogP contribution in [0.1, 0.15) is 47.5 Å². The van der Waals surface area contributed by atoms with Gasteiger partial charge in [0.1, 0.15) is 6.54 Å². The van der Waals surface area contributed by atoms with Gasteiger partial charge in [-0.3, -0.25) is 9.59 Å². The van der Waals surface area contributed by atoms with Gasteiger partial charge in [0.15, 0.2) is 5.13 Å². The number of rotatable bonds is 3. The van der Waals surface area contributed by atoms with Crippen LogP contribution in [-0.4, -0.2) is 20.7 Å². The molecule has 4 rings (SSSR count). The average Bonchev–Trinajstić information content (AvgIpc) is 3.04. The minimum Gasteiger partial charge on any atom is -0.300 e. The zero-order valence-electron chi connectivity index (χ0n) is 13.5. The fraction of sp³-hybridized carbons (Fsp3) is 0.529. The molecule has 0 aliphatic heterocycles. The van der Waals surface area contributed by atoms with E-state index in [1.54, 1.807) is 6.07 Å². The van der Waals surface area contributed by atoms with Crippen molar-refractivity contribution < 1.29 is 4.79 Å². The normalized spacial score (nSPS) is 16.3. The van der Waals surface area contributed by atoms with Crippen molar-refractivity contribution in [3.8, 4) is 0 Å². The van der Waals surface area contributed by atoms with Gasteiger partial charge in [0.05, 0.1) is 11.4 Å². The van der Waals surface area contributed by atoms with Crippen molar-refractivity contribution in [3.63, 3.8) is 0 Å². The second kappa shape index (κ2) is 6.47. The van der Waals surface area contributed by atoms with Gasteiger partial charge >= 0.3 is 0 Å². The lowest BCUT2D eigenvalue weighted by atomic mass is 10.1. The Hall–Kier alpha value is -2.02. The van der Waals surface area contributed by atoms with Crippen LogP contribution in [0.15, 0.2) is 10.9 Å². The predicted octanol–water partition coefficient (Wildman–Crippen LogP) is 2.10. The summed E-state index contributed by atoms with van der Waals surface area (Å²) < 4.78 is 1.28. The molecule has 2 aromatic heterocycles. The first kappa shape index (κ1) is 15.5. The number of hydrogen-bond acceptors (Lipinski definition) is 5. The van der Waals surface area contributed by atoms with E-state index in [4.69, 9.17) is 0 Å². The number of aromatic nitrogens is 3. The second-order valence-corrected chi connectivity index (χ2v) is 7.55. The molecule has 0 bridgehead atoms. The SMILES string of the molecule is O=C(Cn1nc2c(cc1=O)CCCCC2)Nc1nc2c(s1)CCC2. The number of nitrogens with zero attached hydrogens (tertiary/aromatic N) is 3. The molecule has 126 valence electrons. The number of anilines is 1. The topological polar surface area (TPSA) is 76.9 Å². The zero-order chi connectivity index (χ0) is 16.5. The Morgan fingerprint density at radius 2 is 1.96 bits per heavy atom. The molecule has 2 heterocycles. The molecule has 7 heteroatoms. The molecule has 24 heavy (non-hydrogen) atoms. The Balaban J connectivity index is 1.48. The minimum absolute atomic E-state index is 0.0592. The van der Waals surface area contributed by atoms with Gasteiger partial charge in [-0.05, 0) is 50.5 Å². The molecule has 0 saturated heterocycles. The van der Waals surface area contributed by atoms with Crippen molar-refractivity contribution in [3.05, 3.63) is 38.2 Å². The van der Waals surface area contributed by atoms with Crippen LogP contribution in [0.2, 0.25) is 0 Å². The Morgan fingerprint density at radius 1 is 1.12 bits per heavy atom. The molecular formula is C17H20N4O2S. The van der Waals surface area contributed by atoms with E-state index in [9.17, 15) is 9.59 Å². The van der Waals surface area contributed by atoms with Crippen LogP contribution in [0.4, 0.5) is 5.13 Å². The molecular weight excluding hydrogens is 324 g/mol. The zero-order valence-corrected chi connectivity index (χ0v) is 14.3. The van der Waals surface area contributed by atoms with Crippen LogP contribution >= 0.6 is 11.3 Å². The number of aryl methyl sites for hydroxylation is 4. The number of carbonyl (C=O) groups is 1. The molecule has 1 N–H and O–H groups in total. The van der Waals surface area contributed by atoms with E-state index in [0.717, 1.165) is 61.9 Å². The van der Waals surface area contributed by atoms with Crippen molar-refractivity contribution >= 4 is 22.4 Å². The van der Waals surface area contributed by atoms with Crippen LogP contribution in [-0.2, 0) is 37.0 Å². The smallest absolute Gasteiger partial charge is 0.267 e. The maximum absolute atomic E-state index is 12.3. The van der Waals surface area contributed by atoms with Crippen molar-refractivity contribution in [2.45, 2.75) is 57.9 Å². The Morgan fingerprint density at radius 3 is 2.83 bits per heavy atom. The molecule has 0 atom stereocenters. The Bertz CT molecular complexity index is 818. The predicted molar refractivity (Wildman–Crippen MR) is 92.5 cm³/mol. The van der Waals surface area contributed by atoms with Crippen molar-refractivity contribution in [1.29, 1.82) is 0 Å². The van der Waals surface area contributed by atoms with Crippen LogP contribution in [0.25, 0.3) is 0 Å². The first-order valence-electron chi connectivity index (χ1n) is 8.57. The average molecular weight is 344 g/mol. The molecule has 0 spiro atoms. The summed E-state index contributed by atoms with van der Waals surface area (Å²) in [6, 6.07) is 1.65. The highest BCUT2D eigenvalue weighted by Crippen LogP contribution is 2.30. The van der Waals surface area contributed by atoms with Crippen LogP contribution in [0.3, 0.4) is 0 Å². The molecule has 0 unspecified atom stereocenters. The number of nitrogens with one attached hydrogen (secondary N) is 1. The summed E-state index contributed by atoms with van der Waals surface area (Å²) in [5, 5.41) is 7.87. The summed E-state index contributed by atoms with van der Waals surface area (Å²) >= 11 is 1.54. The van der Waals surface area contributed by atoms with Crippen LogP contribution in [0, 0.1) is 0 Å². The monoisotopic (exact) mass is 344 g/mol. The lowest BCUT2D eigenvalue weighted by Crippen LogP contribution is -2.30. The molecule has 2 aromatic rings. The molecule has 6 nitrogen and oxygen atoms in total. The van der Waals surface area contributed by atoms with E-state index in [-0.39, 0.29) is 18.0 Å². The summed E-state index contributed by atoms with van der Waals surface area (Å²) in [7, 11) is 0. The van der Waals surface area contributed by atoms with Crippen LogP contribution in [0.5, 0.6) is 0 Å². The van der Waals surface area contributed by atoms with E-state index in [0.29, 0.717) is 5.13 Å². The first-order valence-corrected chi connectivity index (χ1v) is 9.39. The fourth-order valence-electron chi connectivity index (χ4n) is 3.43. The minimum atomic E-state index is -0.245. The van der Waals surface area contributed by atoms with Gasteiger partial charge in [0.25, 0.3) is 5.56 Å². The van der Waals surface area contributed by atoms with E-state index in [1.165, 1.54) is 27.3 Å². The van der Waals surface area contributed by atoms with Gasteiger partial charge in [0, 0.05) is 10.9 Å². The van der Waals surface area contributed by atoms with E-state index in [2.05, 4.69) is 15.4 Å². The van der Waals surface area contributed by atoms with Gasteiger partial charge in [-0.2, -0.15) is 5.10 Å². The standard InChI is InChI=1S/C17H20N4O2S/c22-15(19-17-18-13-7-4-8-14(13)24-17)10-21-16(23)9-11-5-2-1-3-6-12(11)20-21/h9H,1-8,10H2,(H,18,19,22). The van der Waals surface area contributed by atoms with Gasteiger partial charge in [-0.25, -0.2) is 9.67 Å². The van der Waals surface area contributed by atoms with E-state index >= 15 is 0 Å². The maximum Gasteiger partial charge on any atom is 0.267 e. The quantitative estimate of drug-likeness (QED) is 0.865. The summed E-state index contributed by atoms with van der Waals surface area (Å²) in [6.07, 6.45) is 8.35. The fourth-order valence-corrected chi connectivity index (χ4v) is 4.50. The molecule has 0 aromatic carbocycles. The number of carbonyl (C=O) groups excluding carboxylic acids is 1. The van der Waals surface area contributed by atoms with E-state index in [1.807, 2.05) is 0 Å². The molecule has 2 aliphatic carbocycles. The summed E-state index contributed by atoms with van der Waals surface area (Å²) in [5.41, 5.74) is 2.92. The molecule has 1 amide bonds. The van der Waals surface area contributed by atoms with Crippen LogP contribution < -0.4 is 10.9 Å². The van der Waals surface area contributed by atoms with Gasteiger partial charge in [0.2, 0.25) is 5.91 Å². The third kappa shape index (κ3) is 3.13. The third-order valence-corrected chi connectivity index (χ3v) is 5.73. The summed E-state index contributed by atoms with van der Waals surface area (Å²) in [5.74, 6) is -0.245. The van der Waals surface area contributed by atoms with Gasteiger partial charge in [-0.15, -0.1) is 11.3 Å². The number of hydrogen-bond donors (Lipinski definition) is 1. The Labute approximate surface area is 143 Å². The Kier molecular flexibility index (Phi) is 4.18. The maximum atomic E-state index is 12.3. The van der Waals surface area contributed by atoms with Gasteiger partial charge < -0.3 is 5.32 Å². The number of amides is 1. The summed E-state index contributed by atoms with van der Waals surface area (Å²) in [6.45, 7) is -0.0592. The second-order valence-electron chi connectivity index (χ2n) is 6.46. The highest BCUT2D eigenvalue weighted by atomic mass is 32.1. The van der Waals surface area contributed by atoms with Crippen molar-refractivity contribution in [2.75, 3.05) is 5.32 Å². The molecule has 0 fully saturated rings. The lowest BCUT2D eigenvalue weighted by Gasteiger charge is -2.09. The first-order chi connectivity index (χ1) is 11.7. The molecule has 0 saturated carbocycles. The van der Waals surface area contributed by atoms with Gasteiger partial charge in [-0.1, -0.05) is 6.42 Å². The summed E-state index contributed by atoms with van der Waals surface area (Å²) in [4.78, 5) is 30.2.